The molecule has 0 bridgehead atoms. The molecule has 0 aliphatic heterocycles. The second-order valence-electron chi connectivity index (χ2n) is 10.4. The maximum absolute atomic E-state index is 14.1. The van der Waals surface area contributed by atoms with Crippen LogP contribution >= 0.6 is 0 Å². The first kappa shape index (κ1) is 30.3. The van der Waals surface area contributed by atoms with E-state index in [1.54, 1.807) is 0 Å². The molecule has 1 N–H and O–H groups in total. The molecule has 1 aliphatic carbocycles. The van der Waals surface area contributed by atoms with Gasteiger partial charge in [-0.15, -0.1) is 0 Å². The van der Waals surface area contributed by atoms with E-state index < -0.39 is 26.9 Å². The largest absolute Gasteiger partial charge is 1.00 e. The van der Waals surface area contributed by atoms with Crippen molar-refractivity contribution in [2.75, 3.05) is 0 Å². The summed E-state index contributed by atoms with van der Waals surface area (Å²) in [5.74, 6) is -1.58. The van der Waals surface area contributed by atoms with Crippen LogP contribution in [0.3, 0.4) is 0 Å². The first-order valence-corrected chi connectivity index (χ1v) is 24.4. The average Bonchev–Trinajstić information content (AvgIpc) is 3.33. The summed E-state index contributed by atoms with van der Waals surface area (Å²) in [7, 11) is 0. The van der Waals surface area contributed by atoms with Crippen LogP contribution in [0.4, 0.5) is 0 Å². The van der Waals surface area contributed by atoms with Crippen LogP contribution in [0.1, 0.15) is 51.5 Å². The molecule has 1 aliphatic rings. The Bertz CT molecular complexity index is 1350. The number of allylic oxidation sites excluding steroid dienone is 1. The number of rotatable bonds is 6. The molecule has 0 spiro atoms. The summed E-state index contributed by atoms with van der Waals surface area (Å²) in [6.45, 7) is 6.55. The van der Waals surface area contributed by atoms with Gasteiger partial charge in [-0.2, -0.15) is 0 Å². The summed E-state index contributed by atoms with van der Waals surface area (Å²) in [6, 6.07) is 38.8. The quantitative estimate of drug-likeness (QED) is 0.269. The van der Waals surface area contributed by atoms with Crippen molar-refractivity contribution >= 4 is 28.3 Å². The Balaban J connectivity index is 0.00000200. The van der Waals surface area contributed by atoms with Crippen molar-refractivity contribution in [3.05, 3.63) is 138 Å². The number of nitrogens with one attached hydrogen (secondary N) is 1. The zero-order valence-corrected chi connectivity index (χ0v) is 28.1. The molecule has 0 radical (unpaired) electrons. The van der Waals surface area contributed by atoms with Gasteiger partial charge in [0.2, 0.25) is 0 Å². The molecule has 4 aromatic carbocycles. The Morgan fingerprint density at radius 2 is 1.26 bits per heavy atom. The van der Waals surface area contributed by atoms with E-state index in [-0.39, 0.29) is 36.1 Å². The molecular weight excluding hydrogens is 692 g/mol. The van der Waals surface area contributed by atoms with Crippen LogP contribution in [0, 0.1) is 0 Å². The molecule has 4 aromatic rings. The number of fused-ring (bicyclic) bond motifs is 1. The fourth-order valence-electron chi connectivity index (χ4n) is 5.23. The van der Waals surface area contributed by atoms with Gasteiger partial charge in [-0.05, 0) is 0 Å². The maximum Gasteiger partial charge on any atom is -1.00 e. The molecule has 0 saturated heterocycles. The van der Waals surface area contributed by atoms with Crippen LogP contribution in [-0.4, -0.2) is 11.9 Å². The molecular formula is C32H32Cl2HfNOSi. The average molecular weight is 724 g/mol. The normalized spacial score (nSPS) is 13.7. The zero-order valence-electron chi connectivity index (χ0n) is 21.9. The summed E-state index contributed by atoms with van der Waals surface area (Å²) in [5, 5.41) is 2.85. The molecule has 0 saturated carbocycles. The van der Waals surface area contributed by atoms with Gasteiger partial charge in [0.25, 0.3) is 0 Å². The Kier molecular flexibility index (Phi) is 10.5. The van der Waals surface area contributed by atoms with E-state index in [2.05, 4.69) is 127 Å². The summed E-state index contributed by atoms with van der Waals surface area (Å²) >= 11 is -2.96. The predicted molar refractivity (Wildman–Crippen MR) is 150 cm³/mol. The number of hydrogen-bond donors (Lipinski definition) is 1. The minimum absolute atomic E-state index is 0. The molecule has 0 heterocycles. The van der Waals surface area contributed by atoms with Crippen molar-refractivity contribution in [1.82, 2.24) is 3.30 Å². The van der Waals surface area contributed by atoms with E-state index in [0.29, 0.717) is 3.67 Å². The summed E-state index contributed by atoms with van der Waals surface area (Å²) in [5.41, 5.74) is 4.50. The Labute approximate surface area is 247 Å². The van der Waals surface area contributed by atoms with Crippen molar-refractivity contribution in [3.8, 4) is 0 Å². The molecule has 0 aromatic heterocycles. The van der Waals surface area contributed by atoms with Crippen molar-refractivity contribution in [1.29, 1.82) is 0 Å². The van der Waals surface area contributed by atoms with Crippen LogP contribution in [0.15, 0.2) is 115 Å². The Morgan fingerprint density at radius 1 is 0.737 bits per heavy atom. The predicted octanol–water partition coefficient (Wildman–Crippen LogP) is -0.439. The van der Waals surface area contributed by atoms with Crippen molar-refractivity contribution in [2.45, 2.75) is 29.9 Å². The topological polar surface area (TPSA) is 29.1 Å². The molecule has 1 atom stereocenters. The third-order valence-corrected chi connectivity index (χ3v) is 33.8. The summed E-state index contributed by atoms with van der Waals surface area (Å²) in [6.07, 6.45) is 4.65. The first-order chi connectivity index (χ1) is 17.4. The third kappa shape index (κ3) is 6.48. The van der Waals surface area contributed by atoms with Crippen LogP contribution in [-0.2, 0) is 26.3 Å². The second-order valence-corrected chi connectivity index (χ2v) is 30.3. The number of halogens is 2. The SMILES string of the molecule is CC(C)(C)c1ccccc1C(=O)[NH][Hf+2]([CH]1C=Cc2ccccc21)[SiH](c1ccccc1)c1ccccc1.[Cl-].[Cl-]. The van der Waals surface area contributed by atoms with E-state index in [4.69, 9.17) is 0 Å². The van der Waals surface area contributed by atoms with Crippen molar-refractivity contribution in [3.63, 3.8) is 0 Å². The van der Waals surface area contributed by atoms with Crippen LogP contribution in [0.2, 0.25) is 0 Å². The molecule has 2 nitrogen and oxygen atoms in total. The Hall–Kier alpha value is -2.24. The van der Waals surface area contributed by atoms with Gasteiger partial charge in [-0.1, -0.05) is 0 Å². The van der Waals surface area contributed by atoms with E-state index in [1.807, 2.05) is 18.2 Å². The van der Waals surface area contributed by atoms with Gasteiger partial charge < -0.3 is 24.8 Å². The molecule has 193 valence electrons. The number of benzene rings is 4. The van der Waals surface area contributed by atoms with E-state index in [9.17, 15) is 4.79 Å². The van der Waals surface area contributed by atoms with Gasteiger partial charge in [0.05, 0.1) is 0 Å². The van der Waals surface area contributed by atoms with Crippen molar-refractivity contribution < 1.29 is 50.5 Å². The third-order valence-electron chi connectivity index (χ3n) is 6.95. The van der Waals surface area contributed by atoms with Crippen LogP contribution in [0.5, 0.6) is 0 Å². The van der Waals surface area contributed by atoms with Gasteiger partial charge >= 0.3 is 225 Å². The fraction of sp³-hybridized carbons (Fsp3) is 0.156. The number of carbonyl (C=O) groups is 1. The van der Waals surface area contributed by atoms with Gasteiger partial charge in [0, 0.05) is 0 Å². The zero-order chi connectivity index (χ0) is 25.1. The van der Waals surface area contributed by atoms with Crippen LogP contribution in [0.25, 0.3) is 6.08 Å². The minimum atomic E-state index is -2.96. The molecule has 1 amide bonds. The van der Waals surface area contributed by atoms with Gasteiger partial charge in [-0.25, -0.2) is 0 Å². The fourth-order valence-corrected chi connectivity index (χ4v) is 34.0. The van der Waals surface area contributed by atoms with Gasteiger partial charge in [0.1, 0.15) is 0 Å². The summed E-state index contributed by atoms with van der Waals surface area (Å²) < 4.78 is 4.14. The number of hydrogen-bond acceptors (Lipinski definition) is 1. The molecule has 1 unspecified atom stereocenters. The van der Waals surface area contributed by atoms with Gasteiger partial charge in [0.15, 0.2) is 0 Å². The van der Waals surface area contributed by atoms with Crippen molar-refractivity contribution in [2.24, 2.45) is 0 Å². The smallest absolute Gasteiger partial charge is 1.00 e. The van der Waals surface area contributed by atoms with Gasteiger partial charge in [-0.3, -0.25) is 0 Å². The van der Waals surface area contributed by atoms with E-state index in [0.717, 1.165) is 11.1 Å². The number of carbonyl (C=O) groups excluding carboxylic acids is 1. The molecule has 6 heteroatoms. The van der Waals surface area contributed by atoms with E-state index >= 15 is 0 Å². The Morgan fingerprint density at radius 3 is 1.87 bits per heavy atom. The van der Waals surface area contributed by atoms with E-state index in [1.165, 1.54) is 21.5 Å². The molecule has 5 rings (SSSR count). The minimum Gasteiger partial charge on any atom is -1.00 e. The summed E-state index contributed by atoms with van der Waals surface area (Å²) in [4.78, 5) is 14.1. The molecule has 0 fully saturated rings. The molecule has 38 heavy (non-hydrogen) atoms. The monoisotopic (exact) mass is 724 g/mol. The number of amides is 1. The maximum atomic E-state index is 14.1. The first-order valence-electron chi connectivity index (χ1n) is 12.6. The second kappa shape index (κ2) is 13.2. The standard InChI is InChI=1S/C12H11Si.C11H15NO.C9H7.2ClH.Hf/c1-3-7-11(8-4-1)13-12-9-5-2-6-10-12;1-11(2,3)9-7-5-4-6-8(9)10(12)13;1-2-5-9-7-3-6-8(9)4-1;;;/h1-10,13H;4-7H,1-3H3,(H2,12,13);1-7H;2*1H;/q;;;;;+3/p-3. The van der Waals surface area contributed by atoms with Crippen LogP contribution < -0.4 is 38.5 Å².